The zero-order valence-corrected chi connectivity index (χ0v) is 9.27. The summed E-state index contributed by atoms with van der Waals surface area (Å²) in [6.07, 6.45) is 5.17. The fraction of sp³-hybridized carbons (Fsp3) is 0. The molecule has 0 aliphatic carbocycles. The maximum Gasteiger partial charge on any atom is 0.325 e. The van der Waals surface area contributed by atoms with Gasteiger partial charge < -0.3 is 15.9 Å². The molecule has 0 unspecified atom stereocenters. The van der Waals surface area contributed by atoms with Crippen molar-refractivity contribution in [3.05, 3.63) is 47.3 Å². The summed E-state index contributed by atoms with van der Waals surface area (Å²) in [4.78, 5) is 24.5. The molecule has 3 aromatic rings. The summed E-state index contributed by atoms with van der Waals surface area (Å²) in [5.41, 5.74) is 3.01. The number of pyridine rings is 2. The second-order valence-electron chi connectivity index (χ2n) is 3.44. The van der Waals surface area contributed by atoms with Crippen LogP contribution in [0.5, 0.6) is 0 Å². The van der Waals surface area contributed by atoms with Crippen LogP contribution in [0, 0.1) is 0 Å². The van der Waals surface area contributed by atoms with Crippen molar-refractivity contribution in [3.63, 3.8) is 0 Å². The molecule has 0 radical (unpaired) electrons. The molecule has 18 heavy (non-hydrogen) atoms. The molecule has 0 saturated heterocycles. The minimum Gasteiger partial charge on any atom is -0.412 e. The SMILES string of the molecule is O.O.O=c1[nH]c2cc(-c3ccncc3)cnc2[nH]1. The third kappa shape index (κ3) is 2.26. The molecular weight excluding hydrogens is 236 g/mol. The molecule has 0 aromatic carbocycles. The van der Waals surface area contributed by atoms with Gasteiger partial charge in [0.15, 0.2) is 5.65 Å². The second kappa shape index (κ2) is 5.21. The molecule has 3 heterocycles. The summed E-state index contributed by atoms with van der Waals surface area (Å²) >= 11 is 0. The van der Waals surface area contributed by atoms with E-state index < -0.39 is 0 Å². The lowest BCUT2D eigenvalue weighted by atomic mass is 10.1. The number of aromatic nitrogens is 4. The summed E-state index contributed by atoms with van der Waals surface area (Å²) in [6.45, 7) is 0. The van der Waals surface area contributed by atoms with Crippen LogP contribution < -0.4 is 5.69 Å². The summed E-state index contributed by atoms with van der Waals surface area (Å²) < 4.78 is 0. The largest absolute Gasteiger partial charge is 0.412 e. The summed E-state index contributed by atoms with van der Waals surface area (Å²) in [7, 11) is 0. The number of hydrogen-bond acceptors (Lipinski definition) is 3. The van der Waals surface area contributed by atoms with Gasteiger partial charge in [0.1, 0.15) is 0 Å². The number of rotatable bonds is 1. The van der Waals surface area contributed by atoms with Crippen LogP contribution in [0.2, 0.25) is 0 Å². The predicted octanol–water partition coefficient (Wildman–Crippen LogP) is -0.336. The normalized spacial score (nSPS) is 9.56. The molecule has 3 aromatic heterocycles. The third-order valence-electron chi connectivity index (χ3n) is 2.38. The van der Waals surface area contributed by atoms with Crippen LogP contribution in [0.15, 0.2) is 41.6 Å². The number of aromatic amines is 2. The molecule has 7 nitrogen and oxygen atoms in total. The van der Waals surface area contributed by atoms with E-state index in [1.54, 1.807) is 18.6 Å². The van der Waals surface area contributed by atoms with Gasteiger partial charge in [-0.05, 0) is 23.8 Å². The molecule has 0 aliphatic heterocycles. The Labute approximate surface area is 101 Å². The molecule has 0 fully saturated rings. The zero-order chi connectivity index (χ0) is 11.0. The van der Waals surface area contributed by atoms with Crippen LogP contribution >= 0.6 is 0 Å². The molecule has 0 saturated carbocycles. The van der Waals surface area contributed by atoms with Crippen molar-refractivity contribution in [3.8, 4) is 11.1 Å². The highest BCUT2D eigenvalue weighted by molar-refractivity contribution is 5.77. The smallest absolute Gasteiger partial charge is 0.325 e. The van der Waals surface area contributed by atoms with Crippen molar-refractivity contribution in [1.29, 1.82) is 0 Å². The molecule has 0 bridgehead atoms. The molecule has 7 heteroatoms. The van der Waals surface area contributed by atoms with Crippen molar-refractivity contribution < 1.29 is 11.0 Å². The van der Waals surface area contributed by atoms with E-state index in [9.17, 15) is 4.79 Å². The first-order chi connectivity index (χ1) is 7.83. The van der Waals surface area contributed by atoms with Gasteiger partial charge >= 0.3 is 5.69 Å². The number of H-pyrrole nitrogens is 2. The highest BCUT2D eigenvalue weighted by Crippen LogP contribution is 2.19. The minimum absolute atomic E-state index is 0. The van der Waals surface area contributed by atoms with Gasteiger partial charge in [-0.3, -0.25) is 9.97 Å². The summed E-state index contributed by atoms with van der Waals surface area (Å²) in [6, 6.07) is 5.68. The van der Waals surface area contributed by atoms with Gasteiger partial charge in [-0.2, -0.15) is 0 Å². The lowest BCUT2D eigenvalue weighted by Gasteiger charge is -1.99. The summed E-state index contributed by atoms with van der Waals surface area (Å²) in [5.74, 6) is 0. The number of fused-ring (bicyclic) bond motifs is 1. The highest BCUT2D eigenvalue weighted by atomic mass is 16.1. The van der Waals surface area contributed by atoms with Gasteiger partial charge in [0.25, 0.3) is 0 Å². The fourth-order valence-electron chi connectivity index (χ4n) is 1.62. The van der Waals surface area contributed by atoms with E-state index in [1.165, 1.54) is 0 Å². The summed E-state index contributed by atoms with van der Waals surface area (Å²) in [5, 5.41) is 0. The number of nitrogens with one attached hydrogen (secondary N) is 2. The standard InChI is InChI=1S/C11H8N4O.2H2O/c16-11-14-9-5-8(6-13-10(9)15-11)7-1-3-12-4-2-7;;/h1-6H,(H2,13,14,15,16);2*1H2. The quantitative estimate of drug-likeness (QED) is 0.609. The minimum atomic E-state index is -0.241. The van der Waals surface area contributed by atoms with Crippen molar-refractivity contribution >= 4 is 11.2 Å². The topological polar surface area (TPSA) is 137 Å². The van der Waals surface area contributed by atoms with Crippen LogP contribution in [0.25, 0.3) is 22.3 Å². The number of hydrogen-bond donors (Lipinski definition) is 2. The molecule has 0 amide bonds. The Morgan fingerprint density at radius 3 is 2.44 bits per heavy atom. The van der Waals surface area contributed by atoms with Crippen LogP contribution in [0.1, 0.15) is 0 Å². The van der Waals surface area contributed by atoms with E-state index in [1.807, 2.05) is 18.2 Å². The Hall–Kier alpha value is -2.51. The van der Waals surface area contributed by atoms with E-state index in [4.69, 9.17) is 0 Å². The van der Waals surface area contributed by atoms with Gasteiger partial charge in [0.2, 0.25) is 0 Å². The maximum atomic E-state index is 11.1. The Balaban J connectivity index is 0.000000810. The molecule has 6 N–H and O–H groups in total. The average Bonchev–Trinajstić information content (AvgIpc) is 2.69. The van der Waals surface area contributed by atoms with Crippen LogP contribution in [0.4, 0.5) is 0 Å². The number of nitrogens with zero attached hydrogens (tertiary/aromatic N) is 2. The fourth-order valence-corrected chi connectivity index (χ4v) is 1.62. The first-order valence-corrected chi connectivity index (χ1v) is 4.81. The monoisotopic (exact) mass is 248 g/mol. The highest BCUT2D eigenvalue weighted by Gasteiger charge is 2.02. The molecular formula is C11H12N4O3. The van der Waals surface area contributed by atoms with E-state index in [-0.39, 0.29) is 16.6 Å². The lowest BCUT2D eigenvalue weighted by Crippen LogP contribution is -1.99. The van der Waals surface area contributed by atoms with Gasteiger partial charge in [-0.1, -0.05) is 0 Å². The molecule has 0 spiro atoms. The predicted molar refractivity (Wildman–Crippen MR) is 67.2 cm³/mol. The van der Waals surface area contributed by atoms with Crippen LogP contribution in [-0.4, -0.2) is 30.9 Å². The lowest BCUT2D eigenvalue weighted by molar-refractivity contribution is 0.823. The molecule has 94 valence electrons. The second-order valence-corrected chi connectivity index (χ2v) is 3.44. The zero-order valence-electron chi connectivity index (χ0n) is 9.27. The molecule has 0 atom stereocenters. The van der Waals surface area contributed by atoms with Crippen molar-refractivity contribution in [1.82, 2.24) is 19.9 Å². The molecule has 0 aliphatic rings. The first kappa shape index (κ1) is 13.6. The maximum absolute atomic E-state index is 11.1. The van der Waals surface area contributed by atoms with E-state index in [2.05, 4.69) is 19.9 Å². The Kier molecular flexibility index (Phi) is 3.93. The van der Waals surface area contributed by atoms with E-state index in [0.717, 1.165) is 11.1 Å². The Bertz CT molecular complexity index is 690. The molecule has 3 rings (SSSR count). The van der Waals surface area contributed by atoms with Crippen LogP contribution in [0.3, 0.4) is 0 Å². The first-order valence-electron chi connectivity index (χ1n) is 4.81. The van der Waals surface area contributed by atoms with Gasteiger partial charge in [-0.15, -0.1) is 0 Å². The van der Waals surface area contributed by atoms with Crippen LogP contribution in [-0.2, 0) is 0 Å². The third-order valence-corrected chi connectivity index (χ3v) is 2.38. The average molecular weight is 248 g/mol. The van der Waals surface area contributed by atoms with Gasteiger partial charge in [0, 0.05) is 24.2 Å². The Morgan fingerprint density at radius 1 is 1.00 bits per heavy atom. The van der Waals surface area contributed by atoms with E-state index in [0.29, 0.717) is 11.2 Å². The van der Waals surface area contributed by atoms with Crippen molar-refractivity contribution in [2.24, 2.45) is 0 Å². The van der Waals surface area contributed by atoms with Gasteiger partial charge in [-0.25, -0.2) is 9.78 Å². The van der Waals surface area contributed by atoms with Crippen molar-refractivity contribution in [2.45, 2.75) is 0 Å². The van der Waals surface area contributed by atoms with E-state index >= 15 is 0 Å². The van der Waals surface area contributed by atoms with Gasteiger partial charge in [0.05, 0.1) is 5.52 Å². The van der Waals surface area contributed by atoms with Crippen molar-refractivity contribution in [2.75, 3.05) is 0 Å². The Morgan fingerprint density at radius 2 is 1.72 bits per heavy atom. The number of imidazole rings is 1.